The van der Waals surface area contributed by atoms with Crippen molar-refractivity contribution in [3.63, 3.8) is 0 Å². The van der Waals surface area contributed by atoms with Crippen LogP contribution in [-0.4, -0.2) is 26.1 Å². The molecule has 0 aliphatic heterocycles. The van der Waals surface area contributed by atoms with Crippen LogP contribution in [0.5, 0.6) is 0 Å². The number of nitrogens with one attached hydrogen (secondary N) is 1. The van der Waals surface area contributed by atoms with Crippen molar-refractivity contribution in [3.8, 4) is 0 Å². The van der Waals surface area contributed by atoms with Gasteiger partial charge in [-0.05, 0) is 38.5 Å². The summed E-state index contributed by atoms with van der Waals surface area (Å²) in [5.74, 6) is 1.71. The predicted octanol–water partition coefficient (Wildman–Crippen LogP) is 2.34. The monoisotopic (exact) mass is 245 g/mol. The van der Waals surface area contributed by atoms with Crippen molar-refractivity contribution >= 4 is 11.6 Å². The predicted molar refractivity (Wildman–Crippen MR) is 70.7 cm³/mol. The van der Waals surface area contributed by atoms with Gasteiger partial charge >= 0.3 is 0 Å². The van der Waals surface area contributed by atoms with Crippen LogP contribution in [0.4, 0.5) is 5.82 Å². The summed E-state index contributed by atoms with van der Waals surface area (Å²) in [5.41, 5.74) is 2.68. The molecule has 1 aliphatic rings. The Morgan fingerprint density at radius 3 is 2.83 bits per heavy atom. The highest BCUT2D eigenvalue weighted by Crippen LogP contribution is 2.48. The molecule has 5 heteroatoms. The van der Waals surface area contributed by atoms with E-state index in [1.165, 1.54) is 19.3 Å². The van der Waals surface area contributed by atoms with E-state index >= 15 is 0 Å². The Kier molecular flexibility index (Phi) is 2.50. The maximum atomic E-state index is 4.43. The second kappa shape index (κ2) is 3.93. The summed E-state index contributed by atoms with van der Waals surface area (Å²) in [6.07, 6.45) is 5.46. The zero-order valence-electron chi connectivity index (χ0n) is 11.2. The lowest BCUT2D eigenvalue weighted by molar-refractivity contribution is 0.519. The fourth-order valence-electron chi connectivity index (χ4n) is 2.34. The van der Waals surface area contributed by atoms with Crippen LogP contribution in [0.1, 0.15) is 37.4 Å². The molecule has 0 atom stereocenters. The Morgan fingerprint density at radius 1 is 1.39 bits per heavy atom. The zero-order valence-corrected chi connectivity index (χ0v) is 11.2. The van der Waals surface area contributed by atoms with E-state index in [9.17, 15) is 0 Å². The highest BCUT2D eigenvalue weighted by atomic mass is 15.4. The molecular formula is C13H19N5. The van der Waals surface area contributed by atoms with Crippen LogP contribution in [0.3, 0.4) is 0 Å². The van der Waals surface area contributed by atoms with E-state index in [2.05, 4.69) is 34.2 Å². The number of fused-ring (bicyclic) bond motifs is 1. The van der Waals surface area contributed by atoms with Gasteiger partial charge in [-0.3, -0.25) is 0 Å². The van der Waals surface area contributed by atoms with E-state index in [0.29, 0.717) is 11.2 Å². The minimum Gasteiger partial charge on any atom is -0.369 e. The quantitative estimate of drug-likeness (QED) is 0.898. The van der Waals surface area contributed by atoms with E-state index in [0.717, 1.165) is 23.6 Å². The summed E-state index contributed by atoms with van der Waals surface area (Å²) < 4.78 is 1.80. The number of aromatic nitrogens is 4. The average molecular weight is 245 g/mol. The summed E-state index contributed by atoms with van der Waals surface area (Å²) in [6.45, 7) is 7.38. The van der Waals surface area contributed by atoms with Crippen molar-refractivity contribution in [2.45, 2.75) is 40.0 Å². The molecule has 0 radical (unpaired) electrons. The molecule has 5 nitrogen and oxygen atoms in total. The van der Waals surface area contributed by atoms with Gasteiger partial charge in [-0.25, -0.2) is 4.98 Å². The molecule has 18 heavy (non-hydrogen) atoms. The second-order valence-corrected chi connectivity index (χ2v) is 5.35. The standard InChI is InChI=1S/C13H19N5/c1-4-13(5-6-13)7-14-11-9(2)10(3)17-12-15-8-16-18(11)12/h8,14H,4-7H2,1-3H3. The van der Waals surface area contributed by atoms with Crippen LogP contribution in [0, 0.1) is 19.3 Å². The zero-order chi connectivity index (χ0) is 12.8. The van der Waals surface area contributed by atoms with Crippen LogP contribution in [0.15, 0.2) is 6.33 Å². The summed E-state index contributed by atoms with van der Waals surface area (Å²) >= 11 is 0. The molecular weight excluding hydrogens is 226 g/mol. The van der Waals surface area contributed by atoms with Crippen LogP contribution in [0.25, 0.3) is 5.78 Å². The molecule has 96 valence electrons. The number of nitrogens with zero attached hydrogens (tertiary/aromatic N) is 4. The molecule has 0 spiro atoms. The van der Waals surface area contributed by atoms with Gasteiger partial charge in [-0.1, -0.05) is 6.92 Å². The Hall–Kier alpha value is -1.65. The Balaban J connectivity index is 1.94. The third kappa shape index (κ3) is 1.74. The molecule has 0 aromatic carbocycles. The molecule has 3 rings (SSSR count). The first-order chi connectivity index (χ1) is 8.65. The molecule has 1 N–H and O–H groups in total. The van der Waals surface area contributed by atoms with Crippen LogP contribution < -0.4 is 5.32 Å². The summed E-state index contributed by atoms with van der Waals surface area (Å²) in [7, 11) is 0. The van der Waals surface area contributed by atoms with Crippen molar-refractivity contribution in [1.82, 2.24) is 19.6 Å². The van der Waals surface area contributed by atoms with Crippen LogP contribution >= 0.6 is 0 Å². The van der Waals surface area contributed by atoms with Crippen molar-refractivity contribution < 1.29 is 0 Å². The third-order valence-electron chi connectivity index (χ3n) is 4.25. The average Bonchev–Trinajstić information content (AvgIpc) is 3.01. The largest absolute Gasteiger partial charge is 0.369 e. The first-order valence-electron chi connectivity index (χ1n) is 6.56. The maximum Gasteiger partial charge on any atom is 0.254 e. The Labute approximate surface area is 107 Å². The molecule has 0 saturated heterocycles. The van der Waals surface area contributed by atoms with Crippen molar-refractivity contribution in [2.75, 3.05) is 11.9 Å². The number of hydrogen-bond donors (Lipinski definition) is 1. The fourth-order valence-corrected chi connectivity index (χ4v) is 2.34. The maximum absolute atomic E-state index is 4.43. The van der Waals surface area contributed by atoms with Gasteiger partial charge in [0, 0.05) is 17.8 Å². The summed E-state index contributed by atoms with van der Waals surface area (Å²) in [4.78, 5) is 8.59. The summed E-state index contributed by atoms with van der Waals surface area (Å²) in [5, 5.41) is 7.81. The first-order valence-corrected chi connectivity index (χ1v) is 6.56. The van der Waals surface area contributed by atoms with Gasteiger partial charge < -0.3 is 5.32 Å². The highest BCUT2D eigenvalue weighted by molar-refractivity contribution is 5.52. The van der Waals surface area contributed by atoms with Crippen molar-refractivity contribution in [1.29, 1.82) is 0 Å². The second-order valence-electron chi connectivity index (χ2n) is 5.35. The van der Waals surface area contributed by atoms with Crippen LogP contribution in [-0.2, 0) is 0 Å². The molecule has 1 fully saturated rings. The van der Waals surface area contributed by atoms with Gasteiger partial charge in [0.1, 0.15) is 12.1 Å². The smallest absolute Gasteiger partial charge is 0.254 e. The number of hydrogen-bond acceptors (Lipinski definition) is 4. The molecule has 1 saturated carbocycles. The van der Waals surface area contributed by atoms with Crippen LogP contribution in [0.2, 0.25) is 0 Å². The highest BCUT2D eigenvalue weighted by Gasteiger charge is 2.40. The minimum atomic E-state index is 0.510. The van der Waals surface area contributed by atoms with Gasteiger partial charge in [-0.2, -0.15) is 14.6 Å². The molecule has 2 aromatic heterocycles. The molecule has 1 aliphatic carbocycles. The molecule has 0 unspecified atom stereocenters. The van der Waals surface area contributed by atoms with Gasteiger partial charge in [0.25, 0.3) is 5.78 Å². The molecule has 2 aromatic rings. The summed E-state index contributed by atoms with van der Waals surface area (Å²) in [6, 6.07) is 0. The number of anilines is 1. The topological polar surface area (TPSA) is 55.1 Å². The number of rotatable bonds is 4. The minimum absolute atomic E-state index is 0.510. The molecule has 0 amide bonds. The fraction of sp³-hybridized carbons (Fsp3) is 0.615. The Bertz CT molecular complexity index is 582. The third-order valence-corrected chi connectivity index (χ3v) is 4.25. The lowest BCUT2D eigenvalue weighted by Crippen LogP contribution is -2.18. The van der Waals surface area contributed by atoms with E-state index in [1.807, 2.05) is 6.92 Å². The van der Waals surface area contributed by atoms with E-state index in [1.54, 1.807) is 10.8 Å². The Morgan fingerprint density at radius 2 is 2.17 bits per heavy atom. The van der Waals surface area contributed by atoms with Gasteiger partial charge in [-0.15, -0.1) is 0 Å². The lowest BCUT2D eigenvalue weighted by atomic mass is 10.0. The van der Waals surface area contributed by atoms with Gasteiger partial charge in [0.05, 0.1) is 0 Å². The van der Waals surface area contributed by atoms with E-state index < -0.39 is 0 Å². The first kappa shape index (κ1) is 11.4. The van der Waals surface area contributed by atoms with Gasteiger partial charge in [0.2, 0.25) is 0 Å². The molecule has 0 bridgehead atoms. The lowest BCUT2D eigenvalue weighted by Gasteiger charge is -2.17. The SMILES string of the molecule is CCC1(CNc2c(C)c(C)nc3ncnn23)CC1. The van der Waals surface area contributed by atoms with E-state index in [-0.39, 0.29) is 0 Å². The van der Waals surface area contributed by atoms with Crippen molar-refractivity contribution in [3.05, 3.63) is 17.6 Å². The van der Waals surface area contributed by atoms with Crippen molar-refractivity contribution in [2.24, 2.45) is 5.41 Å². The van der Waals surface area contributed by atoms with Gasteiger partial charge in [0.15, 0.2) is 0 Å². The van der Waals surface area contributed by atoms with E-state index in [4.69, 9.17) is 0 Å². The normalized spacial score (nSPS) is 17.1. The molecule has 2 heterocycles. The number of aryl methyl sites for hydroxylation is 1.